The van der Waals surface area contributed by atoms with Crippen LogP contribution in [0.5, 0.6) is 5.75 Å². The first kappa shape index (κ1) is 16.7. The molecule has 1 amide bonds. The lowest BCUT2D eigenvalue weighted by Crippen LogP contribution is -2.40. The fraction of sp³-hybridized carbons (Fsp3) is 0.562. The molecule has 122 valence electrons. The van der Waals surface area contributed by atoms with Gasteiger partial charge in [0.2, 0.25) is 5.91 Å². The number of nitrogens with two attached hydrogens (primary N) is 1. The number of aryl methyl sites for hydroxylation is 1. The van der Waals surface area contributed by atoms with Crippen molar-refractivity contribution in [2.75, 3.05) is 0 Å². The minimum absolute atomic E-state index is 0.0216. The Balaban J connectivity index is 1.71. The molecule has 3 N–H and O–H groups in total. The molecule has 6 heteroatoms. The number of nitrogens with one attached hydrogen (secondary N) is 1. The molecule has 22 heavy (non-hydrogen) atoms. The highest BCUT2D eigenvalue weighted by atomic mass is 19.3. The van der Waals surface area contributed by atoms with E-state index in [2.05, 4.69) is 10.1 Å². The van der Waals surface area contributed by atoms with Crippen molar-refractivity contribution >= 4 is 5.91 Å². The molecule has 1 aliphatic carbocycles. The maximum atomic E-state index is 12.0. The molecule has 0 spiro atoms. The summed E-state index contributed by atoms with van der Waals surface area (Å²) < 4.78 is 28.4. The maximum absolute atomic E-state index is 12.0. The molecule has 0 radical (unpaired) electrons. The largest absolute Gasteiger partial charge is 0.435 e. The molecule has 1 fully saturated rings. The van der Waals surface area contributed by atoms with Crippen LogP contribution in [-0.2, 0) is 11.2 Å². The van der Waals surface area contributed by atoms with E-state index in [0.29, 0.717) is 12.8 Å². The Morgan fingerprint density at radius 3 is 2.45 bits per heavy atom. The topological polar surface area (TPSA) is 64.3 Å². The Morgan fingerprint density at radius 1 is 1.23 bits per heavy atom. The van der Waals surface area contributed by atoms with Gasteiger partial charge < -0.3 is 15.8 Å². The number of carbonyl (C=O) groups is 1. The fourth-order valence-corrected chi connectivity index (χ4v) is 2.66. The number of rotatable bonds is 6. The van der Waals surface area contributed by atoms with Gasteiger partial charge in [0.05, 0.1) is 0 Å². The molecule has 1 aliphatic rings. The van der Waals surface area contributed by atoms with E-state index in [9.17, 15) is 13.6 Å². The summed E-state index contributed by atoms with van der Waals surface area (Å²) in [7, 11) is 0. The van der Waals surface area contributed by atoms with Gasteiger partial charge in [0.25, 0.3) is 0 Å². The lowest BCUT2D eigenvalue weighted by Gasteiger charge is -2.26. The molecule has 2 rings (SSSR count). The summed E-state index contributed by atoms with van der Waals surface area (Å²) in [6.07, 6.45) is 4.75. The molecule has 0 heterocycles. The van der Waals surface area contributed by atoms with Crippen molar-refractivity contribution in [3.63, 3.8) is 0 Å². The Labute approximate surface area is 129 Å². The van der Waals surface area contributed by atoms with E-state index in [4.69, 9.17) is 5.73 Å². The zero-order chi connectivity index (χ0) is 15.9. The van der Waals surface area contributed by atoms with Gasteiger partial charge >= 0.3 is 6.61 Å². The minimum atomic E-state index is -2.82. The summed E-state index contributed by atoms with van der Waals surface area (Å²) >= 11 is 0. The number of benzene rings is 1. The highest BCUT2D eigenvalue weighted by molar-refractivity contribution is 5.76. The SMILES string of the molecule is NC1CCC(NC(=O)CCc2ccc(OC(F)F)cc2)CC1. The van der Waals surface area contributed by atoms with Crippen molar-refractivity contribution in [3.8, 4) is 5.75 Å². The van der Waals surface area contributed by atoms with Gasteiger partial charge in [-0.2, -0.15) is 8.78 Å². The first-order valence-corrected chi connectivity index (χ1v) is 7.61. The zero-order valence-electron chi connectivity index (χ0n) is 12.4. The summed E-state index contributed by atoms with van der Waals surface area (Å²) in [5.41, 5.74) is 6.75. The van der Waals surface area contributed by atoms with Crippen LogP contribution in [0.1, 0.15) is 37.7 Å². The van der Waals surface area contributed by atoms with Crippen LogP contribution >= 0.6 is 0 Å². The van der Waals surface area contributed by atoms with Crippen LogP contribution in [0, 0.1) is 0 Å². The molecule has 1 saturated carbocycles. The van der Waals surface area contributed by atoms with Crippen molar-refractivity contribution in [1.82, 2.24) is 5.32 Å². The number of halogens is 2. The Bertz CT molecular complexity index is 472. The van der Waals surface area contributed by atoms with Crippen molar-refractivity contribution in [2.45, 2.75) is 57.2 Å². The second kappa shape index (κ2) is 8.08. The average Bonchev–Trinajstić information content (AvgIpc) is 2.48. The van der Waals surface area contributed by atoms with Crippen LogP contribution in [-0.4, -0.2) is 24.6 Å². The van der Waals surface area contributed by atoms with E-state index in [1.807, 2.05) is 0 Å². The predicted molar refractivity (Wildman–Crippen MR) is 79.8 cm³/mol. The van der Waals surface area contributed by atoms with Crippen molar-refractivity contribution in [3.05, 3.63) is 29.8 Å². The standard InChI is InChI=1S/C16H22F2N2O2/c17-16(18)22-14-8-1-11(2-9-14)3-10-15(21)20-13-6-4-12(19)5-7-13/h1-2,8-9,12-13,16H,3-7,10,19H2,(H,20,21). The van der Waals surface area contributed by atoms with E-state index < -0.39 is 6.61 Å². The van der Waals surface area contributed by atoms with Crippen LogP contribution in [0.2, 0.25) is 0 Å². The van der Waals surface area contributed by atoms with Crippen LogP contribution in [0.25, 0.3) is 0 Å². The Hall–Kier alpha value is -1.69. The van der Waals surface area contributed by atoms with E-state index in [1.54, 1.807) is 12.1 Å². The van der Waals surface area contributed by atoms with Gasteiger partial charge in [0.15, 0.2) is 0 Å². The van der Waals surface area contributed by atoms with E-state index in [1.165, 1.54) is 12.1 Å². The molecule has 0 aromatic heterocycles. The van der Waals surface area contributed by atoms with Crippen molar-refractivity contribution < 1.29 is 18.3 Å². The number of amides is 1. The quantitative estimate of drug-likeness (QED) is 0.848. The van der Waals surface area contributed by atoms with Crippen LogP contribution in [0.15, 0.2) is 24.3 Å². The smallest absolute Gasteiger partial charge is 0.387 e. The lowest BCUT2D eigenvalue weighted by atomic mass is 9.92. The molecule has 0 unspecified atom stereocenters. The third-order valence-electron chi connectivity index (χ3n) is 3.93. The molecule has 0 saturated heterocycles. The molecule has 1 aromatic rings. The summed E-state index contributed by atoms with van der Waals surface area (Å²) in [6.45, 7) is -2.82. The van der Waals surface area contributed by atoms with Crippen molar-refractivity contribution in [1.29, 1.82) is 0 Å². The fourth-order valence-electron chi connectivity index (χ4n) is 2.66. The summed E-state index contributed by atoms with van der Waals surface area (Å²) in [5.74, 6) is 0.148. The molecular formula is C16H22F2N2O2. The highest BCUT2D eigenvalue weighted by Crippen LogP contribution is 2.18. The van der Waals surface area contributed by atoms with Gasteiger partial charge in [-0.3, -0.25) is 4.79 Å². The van der Waals surface area contributed by atoms with Crippen LogP contribution in [0.4, 0.5) is 8.78 Å². The third kappa shape index (κ3) is 5.60. The first-order chi connectivity index (χ1) is 10.5. The molecule has 0 bridgehead atoms. The predicted octanol–water partition coefficient (Wildman–Crippen LogP) is 2.61. The van der Waals surface area contributed by atoms with Crippen LogP contribution < -0.4 is 15.8 Å². The Morgan fingerprint density at radius 2 is 1.86 bits per heavy atom. The Kier molecular flexibility index (Phi) is 6.12. The number of ether oxygens (including phenoxy) is 1. The van der Waals surface area contributed by atoms with Gasteiger partial charge in [-0.25, -0.2) is 0 Å². The van der Waals surface area contributed by atoms with Crippen LogP contribution in [0.3, 0.4) is 0 Å². The average molecular weight is 312 g/mol. The van der Waals surface area contributed by atoms with Gasteiger partial charge in [0.1, 0.15) is 5.75 Å². The van der Waals surface area contributed by atoms with Gasteiger partial charge in [0, 0.05) is 18.5 Å². The maximum Gasteiger partial charge on any atom is 0.387 e. The second-order valence-electron chi connectivity index (χ2n) is 5.70. The van der Waals surface area contributed by atoms with Gasteiger partial charge in [-0.05, 0) is 49.8 Å². The normalized spacial score (nSPS) is 21.6. The van der Waals surface area contributed by atoms with E-state index in [-0.39, 0.29) is 23.7 Å². The van der Waals surface area contributed by atoms with Gasteiger partial charge in [-0.1, -0.05) is 12.1 Å². The molecule has 0 atom stereocenters. The molecule has 1 aromatic carbocycles. The zero-order valence-corrected chi connectivity index (χ0v) is 12.4. The number of alkyl halides is 2. The number of hydrogen-bond donors (Lipinski definition) is 2. The van der Waals surface area contributed by atoms with Crippen molar-refractivity contribution in [2.24, 2.45) is 5.73 Å². The minimum Gasteiger partial charge on any atom is -0.435 e. The van der Waals surface area contributed by atoms with Gasteiger partial charge in [-0.15, -0.1) is 0 Å². The summed E-state index contributed by atoms with van der Waals surface area (Å²) in [5, 5.41) is 3.03. The highest BCUT2D eigenvalue weighted by Gasteiger charge is 2.19. The molecular weight excluding hydrogens is 290 g/mol. The summed E-state index contributed by atoms with van der Waals surface area (Å²) in [4.78, 5) is 11.9. The second-order valence-corrected chi connectivity index (χ2v) is 5.70. The number of hydrogen-bond acceptors (Lipinski definition) is 3. The monoisotopic (exact) mass is 312 g/mol. The third-order valence-corrected chi connectivity index (χ3v) is 3.93. The van der Waals surface area contributed by atoms with E-state index >= 15 is 0 Å². The summed E-state index contributed by atoms with van der Waals surface area (Å²) in [6, 6.07) is 6.87. The van der Waals surface area contributed by atoms with E-state index in [0.717, 1.165) is 31.2 Å². The lowest BCUT2D eigenvalue weighted by molar-refractivity contribution is -0.122. The number of carbonyl (C=O) groups excluding carboxylic acids is 1. The molecule has 0 aliphatic heterocycles. The molecule has 4 nitrogen and oxygen atoms in total. The first-order valence-electron chi connectivity index (χ1n) is 7.61.